The Morgan fingerprint density at radius 3 is 2.33 bits per heavy atom. The van der Waals surface area contributed by atoms with Crippen molar-refractivity contribution < 1.29 is 14.3 Å². The van der Waals surface area contributed by atoms with Crippen molar-refractivity contribution in [3.05, 3.63) is 0 Å². The Bertz CT molecular complexity index is 134. The zero-order chi connectivity index (χ0) is 9.56. The molecule has 2 unspecified atom stereocenters. The van der Waals surface area contributed by atoms with E-state index in [2.05, 4.69) is 0 Å². The molecule has 0 aromatic rings. The first-order chi connectivity index (χ1) is 5.57. The van der Waals surface area contributed by atoms with Crippen LogP contribution in [0.2, 0.25) is 0 Å². The van der Waals surface area contributed by atoms with E-state index in [4.69, 9.17) is 9.47 Å². The van der Waals surface area contributed by atoms with Gasteiger partial charge in [0.1, 0.15) is 5.78 Å². The van der Waals surface area contributed by atoms with Crippen molar-refractivity contribution in [1.82, 2.24) is 0 Å². The van der Waals surface area contributed by atoms with Crippen molar-refractivity contribution in [2.45, 2.75) is 34.0 Å². The Morgan fingerprint density at radius 2 is 1.92 bits per heavy atom. The molecule has 0 heterocycles. The summed E-state index contributed by atoms with van der Waals surface area (Å²) in [7, 11) is 0. The molecule has 72 valence electrons. The predicted molar refractivity (Wildman–Crippen MR) is 46.9 cm³/mol. The summed E-state index contributed by atoms with van der Waals surface area (Å²) in [5, 5.41) is 0. The Kier molecular flexibility index (Phi) is 5.93. The van der Waals surface area contributed by atoms with Gasteiger partial charge < -0.3 is 9.47 Å². The molecule has 0 saturated carbocycles. The van der Waals surface area contributed by atoms with E-state index in [0.717, 1.165) is 0 Å². The normalized spacial score (nSPS) is 15.7. The van der Waals surface area contributed by atoms with E-state index in [0.29, 0.717) is 13.2 Å². The van der Waals surface area contributed by atoms with Crippen molar-refractivity contribution in [3.8, 4) is 0 Å². The molecule has 0 aromatic carbocycles. The van der Waals surface area contributed by atoms with Crippen LogP contribution in [0.3, 0.4) is 0 Å². The molecule has 0 spiro atoms. The fourth-order valence-corrected chi connectivity index (χ4v) is 0.680. The van der Waals surface area contributed by atoms with Crippen LogP contribution in [0.4, 0.5) is 0 Å². The van der Waals surface area contributed by atoms with Crippen molar-refractivity contribution in [2.75, 3.05) is 13.2 Å². The average Bonchev–Trinajstić information content (AvgIpc) is 2.00. The molecule has 0 rings (SSSR count). The summed E-state index contributed by atoms with van der Waals surface area (Å²) in [6.07, 6.45) is -0.211. The topological polar surface area (TPSA) is 35.5 Å². The van der Waals surface area contributed by atoms with Gasteiger partial charge in [-0.3, -0.25) is 4.79 Å². The third-order valence-electron chi connectivity index (χ3n) is 1.68. The molecule has 0 saturated heterocycles. The lowest BCUT2D eigenvalue weighted by Gasteiger charge is -2.14. The SMILES string of the molecule is CCOC(C)OCC(C)C(C)=O. The Morgan fingerprint density at radius 1 is 1.33 bits per heavy atom. The van der Waals surface area contributed by atoms with Gasteiger partial charge in [-0.2, -0.15) is 0 Å². The number of carbonyl (C=O) groups excluding carboxylic acids is 1. The van der Waals surface area contributed by atoms with Gasteiger partial charge in [0.25, 0.3) is 0 Å². The lowest BCUT2D eigenvalue weighted by molar-refractivity contribution is -0.142. The Balaban J connectivity index is 3.46. The minimum Gasteiger partial charge on any atom is -0.353 e. The first-order valence-electron chi connectivity index (χ1n) is 4.31. The molecule has 0 bridgehead atoms. The number of hydrogen-bond acceptors (Lipinski definition) is 3. The highest BCUT2D eigenvalue weighted by Crippen LogP contribution is 2.01. The molecule has 12 heavy (non-hydrogen) atoms. The second-order valence-corrected chi connectivity index (χ2v) is 2.87. The summed E-state index contributed by atoms with van der Waals surface area (Å²) in [6.45, 7) is 8.23. The van der Waals surface area contributed by atoms with Gasteiger partial charge in [-0.15, -0.1) is 0 Å². The van der Waals surface area contributed by atoms with E-state index in [9.17, 15) is 4.79 Å². The van der Waals surface area contributed by atoms with Crippen LogP contribution in [-0.4, -0.2) is 25.3 Å². The number of hydrogen-bond donors (Lipinski definition) is 0. The van der Waals surface area contributed by atoms with Crippen LogP contribution in [0.1, 0.15) is 27.7 Å². The molecule has 0 aliphatic rings. The highest BCUT2D eigenvalue weighted by atomic mass is 16.7. The largest absolute Gasteiger partial charge is 0.353 e. The van der Waals surface area contributed by atoms with Gasteiger partial charge >= 0.3 is 0 Å². The van der Waals surface area contributed by atoms with Gasteiger partial charge in [0, 0.05) is 12.5 Å². The zero-order valence-electron chi connectivity index (χ0n) is 8.29. The number of ketones is 1. The van der Waals surface area contributed by atoms with Gasteiger partial charge in [0.15, 0.2) is 6.29 Å². The Labute approximate surface area is 74.0 Å². The van der Waals surface area contributed by atoms with Crippen LogP contribution < -0.4 is 0 Å². The monoisotopic (exact) mass is 174 g/mol. The summed E-state index contributed by atoms with van der Waals surface area (Å²) < 4.78 is 10.4. The van der Waals surface area contributed by atoms with Crippen LogP contribution in [-0.2, 0) is 14.3 Å². The minimum absolute atomic E-state index is 0.0343. The molecule has 0 radical (unpaired) electrons. The maximum absolute atomic E-state index is 10.8. The lowest BCUT2D eigenvalue weighted by Crippen LogP contribution is -2.20. The predicted octanol–water partition coefficient (Wildman–Crippen LogP) is 1.61. The lowest BCUT2D eigenvalue weighted by atomic mass is 10.1. The molecular formula is C9H18O3. The highest BCUT2D eigenvalue weighted by Gasteiger charge is 2.09. The summed E-state index contributed by atoms with van der Waals surface area (Å²) in [4.78, 5) is 10.8. The van der Waals surface area contributed by atoms with Crippen LogP contribution >= 0.6 is 0 Å². The zero-order valence-corrected chi connectivity index (χ0v) is 8.29. The fraction of sp³-hybridized carbons (Fsp3) is 0.889. The van der Waals surface area contributed by atoms with Crippen LogP contribution in [0, 0.1) is 5.92 Å². The number of ether oxygens (including phenoxy) is 2. The third-order valence-corrected chi connectivity index (χ3v) is 1.68. The van der Waals surface area contributed by atoms with Crippen molar-refractivity contribution in [2.24, 2.45) is 5.92 Å². The van der Waals surface area contributed by atoms with Crippen LogP contribution in [0.25, 0.3) is 0 Å². The van der Waals surface area contributed by atoms with Gasteiger partial charge in [-0.25, -0.2) is 0 Å². The molecule has 0 aromatic heterocycles. The average molecular weight is 174 g/mol. The summed E-state index contributed by atoms with van der Waals surface area (Å²) in [5.41, 5.74) is 0. The van der Waals surface area contributed by atoms with Crippen LogP contribution in [0.5, 0.6) is 0 Å². The summed E-state index contributed by atoms with van der Waals surface area (Å²) in [6, 6.07) is 0. The maximum Gasteiger partial charge on any atom is 0.154 e. The second kappa shape index (κ2) is 6.14. The Hall–Kier alpha value is -0.410. The van der Waals surface area contributed by atoms with Gasteiger partial charge in [-0.05, 0) is 20.8 Å². The molecule has 3 nitrogen and oxygen atoms in total. The first kappa shape index (κ1) is 11.6. The van der Waals surface area contributed by atoms with Gasteiger partial charge in [0.05, 0.1) is 6.61 Å². The molecule has 0 N–H and O–H groups in total. The summed E-state index contributed by atoms with van der Waals surface area (Å²) in [5.74, 6) is 0.117. The molecule has 0 aliphatic carbocycles. The van der Waals surface area contributed by atoms with E-state index < -0.39 is 0 Å². The maximum atomic E-state index is 10.8. The fourth-order valence-electron chi connectivity index (χ4n) is 0.680. The van der Waals surface area contributed by atoms with E-state index in [1.54, 1.807) is 6.92 Å². The van der Waals surface area contributed by atoms with E-state index in [1.165, 1.54) is 0 Å². The minimum atomic E-state index is -0.211. The van der Waals surface area contributed by atoms with Gasteiger partial charge in [0.2, 0.25) is 0 Å². The highest BCUT2D eigenvalue weighted by molar-refractivity contribution is 5.77. The van der Waals surface area contributed by atoms with E-state index >= 15 is 0 Å². The molecule has 2 atom stereocenters. The second-order valence-electron chi connectivity index (χ2n) is 2.87. The number of carbonyl (C=O) groups is 1. The first-order valence-corrected chi connectivity index (χ1v) is 4.31. The number of rotatable bonds is 6. The molecule has 3 heteroatoms. The third kappa shape index (κ3) is 5.27. The molecule has 0 amide bonds. The standard InChI is InChI=1S/C9H18O3/c1-5-11-9(4)12-6-7(2)8(3)10/h7,9H,5-6H2,1-4H3. The molecule has 0 aliphatic heterocycles. The van der Waals surface area contributed by atoms with Gasteiger partial charge in [-0.1, -0.05) is 6.92 Å². The van der Waals surface area contributed by atoms with E-state index in [1.807, 2.05) is 20.8 Å². The summed E-state index contributed by atoms with van der Waals surface area (Å²) >= 11 is 0. The van der Waals surface area contributed by atoms with E-state index in [-0.39, 0.29) is 18.0 Å². The van der Waals surface area contributed by atoms with Crippen molar-refractivity contribution in [3.63, 3.8) is 0 Å². The smallest absolute Gasteiger partial charge is 0.154 e. The van der Waals surface area contributed by atoms with Crippen molar-refractivity contribution in [1.29, 1.82) is 0 Å². The van der Waals surface area contributed by atoms with Crippen molar-refractivity contribution >= 4 is 5.78 Å². The van der Waals surface area contributed by atoms with Crippen LogP contribution in [0.15, 0.2) is 0 Å². The molecular weight excluding hydrogens is 156 g/mol. The number of Topliss-reactive ketones (excluding diaryl/α,β-unsaturated/α-hetero) is 1. The quantitative estimate of drug-likeness (QED) is 0.574. The molecule has 0 fully saturated rings.